The highest BCUT2D eigenvalue weighted by Gasteiger charge is 2.46. The Labute approximate surface area is 563 Å². The van der Waals surface area contributed by atoms with E-state index in [1.807, 2.05) is 12.2 Å². The number of phosphoric ester groups is 1. The molecule has 2 aromatic heterocycles. The van der Waals surface area contributed by atoms with Crippen molar-refractivity contribution in [2.45, 2.75) is 159 Å². The van der Waals surface area contributed by atoms with Gasteiger partial charge in [-0.25, -0.2) is 13.7 Å². The van der Waals surface area contributed by atoms with Crippen molar-refractivity contribution in [1.82, 2.24) is 14.5 Å². The lowest BCUT2D eigenvalue weighted by atomic mass is 9.81. The standard InChI is InChI=1S/C61H83N6O19P3S5/c1-7-65-49-29-19-18-28-47(49)60(2,3)53(65)30-14-10-15-31-54-61(4,5)48-37-46(94(78,79)80)32-33-50(48)66(54)34-20-11-13-25-45(69)27-22-36-91-92-41-81-35-21-9-8-12-24-44(68)26-17-16-23-43-39-67(57-56(43)58(70)64-59(62)63-57)55-38-51(82-42-93(6)90)52(84-55)40-83-88(74,75)86-89(76,77)85-87(71,72)73/h10,14-15,18-19,28-33,37,39,51-52,55H,7-9,11-13,17,20-22,24-27,34-36,38,40-42H2,1-6H3,(H7-,62,63,64,70,71,72,73,74,75,76,77,78,79,80)/p+1/t51?,52-,55-,93?/m1/s1. The summed E-state index contributed by atoms with van der Waals surface area (Å²) in [6.07, 6.45) is 19.0. The molecule has 25 nitrogen and oxygen atoms in total. The number of anilines is 2. The number of aromatic nitrogens is 3. The Hall–Kier alpha value is -4.28. The van der Waals surface area contributed by atoms with Gasteiger partial charge >= 0.3 is 23.5 Å². The Morgan fingerprint density at radius 3 is 2.33 bits per heavy atom. The molecule has 0 saturated carbocycles. The van der Waals surface area contributed by atoms with E-state index in [9.17, 15) is 50.8 Å². The number of nitrogens with zero attached hydrogens (tertiary/aromatic N) is 4. The van der Waals surface area contributed by atoms with E-state index in [0.717, 1.165) is 74.2 Å². The van der Waals surface area contributed by atoms with Crippen LogP contribution in [-0.4, -0.2) is 131 Å². The number of nitrogen functional groups attached to an aromatic ring is 1. The number of carbonyl (C=O) groups excluding carboxylic acids is 2. The molecule has 7 rings (SSSR count). The van der Waals surface area contributed by atoms with Crippen molar-refractivity contribution in [2.75, 3.05) is 60.8 Å². The highest BCUT2D eigenvalue weighted by molar-refractivity contribution is 8.76. The molecule has 94 heavy (non-hydrogen) atoms. The largest absolute Gasteiger partial charge is 0.490 e. The van der Waals surface area contributed by atoms with Crippen LogP contribution in [0.3, 0.4) is 0 Å². The molecule has 0 aliphatic carbocycles. The highest BCUT2D eigenvalue weighted by Crippen LogP contribution is 2.66. The maximum absolute atomic E-state index is 13.2. The first-order chi connectivity index (χ1) is 44.3. The van der Waals surface area contributed by atoms with Gasteiger partial charge in [0.05, 0.1) is 39.9 Å². The van der Waals surface area contributed by atoms with E-state index in [2.05, 4.69) is 117 Å². The van der Waals surface area contributed by atoms with Crippen molar-refractivity contribution in [3.05, 3.63) is 112 Å². The lowest BCUT2D eigenvalue weighted by Crippen LogP contribution is -2.29. The summed E-state index contributed by atoms with van der Waals surface area (Å²) in [4.78, 5) is 85.1. The number of nitrogens with one attached hydrogen (secondary N) is 1. The first-order valence-electron chi connectivity index (χ1n) is 30.6. The second kappa shape index (κ2) is 34.5. The van der Waals surface area contributed by atoms with Crippen LogP contribution in [0.25, 0.3) is 11.0 Å². The monoisotopic (exact) mass is 1460 g/mol. The number of phosphoric acid groups is 3. The van der Waals surface area contributed by atoms with Crippen LogP contribution in [0.15, 0.2) is 94.4 Å². The average Bonchev–Trinajstić information content (AvgIpc) is 1.61. The number of benzene rings is 2. The summed E-state index contributed by atoms with van der Waals surface area (Å²) in [5.41, 5.74) is 11.4. The number of likely N-dealkylation sites (N-methyl/N-ethyl adjacent to an activating group) is 1. The summed E-state index contributed by atoms with van der Waals surface area (Å²) in [6.45, 7) is 12.1. The van der Waals surface area contributed by atoms with E-state index in [0.29, 0.717) is 44.8 Å². The van der Waals surface area contributed by atoms with Gasteiger partial charge in [-0.2, -0.15) is 26.6 Å². The first-order valence-corrected chi connectivity index (χ1v) is 41.8. The second-order valence-corrected chi connectivity index (χ2v) is 35.1. The van der Waals surface area contributed by atoms with E-state index >= 15 is 0 Å². The van der Waals surface area contributed by atoms with Crippen LogP contribution < -0.4 is 16.2 Å². The number of para-hydroxylation sites is 1. The lowest BCUT2D eigenvalue weighted by Gasteiger charge is -2.25. The number of unbranched alkanes of at least 4 members (excludes halogenated alkanes) is 5. The predicted molar refractivity (Wildman–Crippen MR) is 369 cm³/mol. The molecule has 1 fully saturated rings. The van der Waals surface area contributed by atoms with Crippen molar-refractivity contribution in [2.24, 2.45) is 0 Å². The summed E-state index contributed by atoms with van der Waals surface area (Å²) >= 11 is 5.24. The van der Waals surface area contributed by atoms with Crippen LogP contribution in [0.4, 0.5) is 17.3 Å². The number of fused-ring (bicyclic) bond motifs is 3. The smallest absolute Gasteiger partial charge is 0.370 e. The first kappa shape index (κ1) is 77.1. The van der Waals surface area contributed by atoms with Gasteiger partial charge in [-0.3, -0.25) is 28.4 Å². The number of nitrogens with two attached hydrogens (primary N) is 1. The second-order valence-electron chi connectivity index (χ2n) is 23.7. The zero-order valence-electron chi connectivity index (χ0n) is 53.3. The maximum Gasteiger partial charge on any atom is 0.490 e. The quantitative estimate of drug-likeness (QED) is 0.00320. The molecule has 6 atom stereocenters. The van der Waals surface area contributed by atoms with Crippen LogP contribution in [0.1, 0.15) is 147 Å². The van der Waals surface area contributed by atoms with Crippen LogP contribution in [0.2, 0.25) is 0 Å². The van der Waals surface area contributed by atoms with Gasteiger partial charge in [0.15, 0.2) is 11.4 Å². The summed E-state index contributed by atoms with van der Waals surface area (Å²) in [5, 5.41) is 0.0743. The number of ketones is 2. The van der Waals surface area contributed by atoms with E-state index < -0.39 is 79.1 Å². The third-order valence-electron chi connectivity index (χ3n) is 15.9. The minimum atomic E-state index is -5.78. The van der Waals surface area contributed by atoms with Gasteiger partial charge in [0.2, 0.25) is 11.6 Å². The summed E-state index contributed by atoms with van der Waals surface area (Å²) in [5.74, 6) is 7.40. The Morgan fingerprint density at radius 2 is 1.62 bits per heavy atom. The number of allylic oxidation sites excluding steroid dienone is 6. The molecule has 0 spiro atoms. The van der Waals surface area contributed by atoms with Crippen molar-refractivity contribution >= 4 is 121 Å². The number of ether oxygens (including phenoxy) is 3. The topological polar surface area (TPSA) is 359 Å². The number of hydrogen-bond donors (Lipinski definition) is 7. The molecule has 0 bridgehead atoms. The number of carbonyl (C=O) groups is 2. The molecule has 1 saturated heterocycles. The average molecular weight is 1460 g/mol. The van der Waals surface area contributed by atoms with Crippen LogP contribution in [0, 0.1) is 11.8 Å². The summed E-state index contributed by atoms with van der Waals surface area (Å²) < 4.78 is 104. The van der Waals surface area contributed by atoms with Crippen LogP contribution in [-0.2, 0) is 92.2 Å². The summed E-state index contributed by atoms with van der Waals surface area (Å²) in [7, 11) is -18.7. The van der Waals surface area contributed by atoms with Gasteiger partial charge in [0.1, 0.15) is 36.4 Å². The van der Waals surface area contributed by atoms with E-state index in [1.54, 1.807) is 40.0 Å². The molecule has 4 aromatic rings. The molecule has 3 aliphatic rings. The molecule has 0 radical (unpaired) electrons. The normalized spacial score (nSPS) is 19.8. The number of rotatable bonds is 38. The molecule has 3 aliphatic heterocycles. The van der Waals surface area contributed by atoms with Crippen molar-refractivity contribution in [3.8, 4) is 11.8 Å². The molecule has 516 valence electrons. The molecular formula is C61H84N6O19P3S5+. The highest BCUT2D eigenvalue weighted by atomic mass is 33.1. The Kier molecular flexibility index (Phi) is 28.3. The van der Waals surface area contributed by atoms with Crippen LogP contribution >= 0.6 is 45.1 Å². The fourth-order valence-electron chi connectivity index (χ4n) is 11.5. The molecule has 0 amide bonds. The van der Waals surface area contributed by atoms with Gasteiger partial charge < -0.3 is 49.0 Å². The van der Waals surface area contributed by atoms with Crippen molar-refractivity contribution in [3.63, 3.8) is 0 Å². The van der Waals surface area contributed by atoms with Crippen LogP contribution in [0.5, 0.6) is 0 Å². The Morgan fingerprint density at radius 1 is 0.915 bits per heavy atom. The molecular weight excluding hydrogens is 1370 g/mol. The molecule has 4 unspecified atom stereocenters. The predicted octanol–water partition coefficient (Wildman–Crippen LogP) is 11.0. The zero-order valence-corrected chi connectivity index (χ0v) is 60.1. The third kappa shape index (κ3) is 21.9. The lowest BCUT2D eigenvalue weighted by molar-refractivity contribution is -0.438. The van der Waals surface area contributed by atoms with Crippen molar-refractivity contribution < 1.29 is 87.8 Å². The van der Waals surface area contributed by atoms with Gasteiger partial charge in [0, 0.05) is 105 Å². The van der Waals surface area contributed by atoms with E-state index in [4.69, 9.17) is 45.4 Å². The third-order valence-corrected chi connectivity index (χ3v) is 23.5. The Bertz CT molecular complexity index is 3930. The minimum Gasteiger partial charge on any atom is -0.370 e. The fraction of sp³-hybridized carbons (Fsp3) is 0.525. The van der Waals surface area contributed by atoms with Crippen molar-refractivity contribution in [1.29, 1.82) is 0 Å². The van der Waals surface area contributed by atoms with E-state index in [1.165, 1.54) is 33.8 Å². The SMILES string of the molecule is CCN1\C(=C/C=C/C=C/C2=[N+](CCCCCC(=O)CCCSSCOCCCCCCC(=O)CCC#Cc3cn([C@H]4CC(OCS(C)=S)[C@@H](COP(=O)(O)OP(=O)(O)OP(=O)(O)O)O4)c4nc(N)[nH]c(=O)c34)c3ccc(S(=O)(=O)O)cc3C2(C)C)C(C)(C)c2ccccc21. The van der Waals surface area contributed by atoms with Gasteiger partial charge in [-0.05, 0) is 100 Å². The van der Waals surface area contributed by atoms with Gasteiger partial charge in [-0.1, -0.05) is 106 Å². The maximum atomic E-state index is 13.2. The number of H-pyrrole nitrogens is 1. The van der Waals surface area contributed by atoms with Gasteiger partial charge in [-0.15, -0.1) is 0 Å². The van der Waals surface area contributed by atoms with E-state index in [-0.39, 0.29) is 69.6 Å². The minimum absolute atomic E-state index is 0.0416. The van der Waals surface area contributed by atoms with Gasteiger partial charge in [0.25, 0.3) is 15.7 Å². The molecule has 5 heterocycles. The number of Topliss-reactive ketones (excluding diaryl/α,β-unsaturated/α-hetero) is 2. The molecule has 33 heteroatoms. The summed E-state index contributed by atoms with van der Waals surface area (Å²) in [6, 6.07) is 13.3. The molecule has 2 aromatic carbocycles. The fourth-order valence-corrected chi connectivity index (χ4v) is 17.3. The number of aromatic amines is 1. The number of hydrogen-bond acceptors (Lipinski definition) is 20. The Balaban J connectivity index is 0.762. The molecule has 8 N–H and O–H groups in total. The zero-order chi connectivity index (χ0) is 68.7.